The predicted octanol–water partition coefficient (Wildman–Crippen LogP) is 2.29. The first kappa shape index (κ1) is 21.1. The molecule has 0 unspecified atom stereocenters. The predicted molar refractivity (Wildman–Crippen MR) is 115 cm³/mol. The van der Waals surface area contributed by atoms with Crippen molar-refractivity contribution in [3.63, 3.8) is 0 Å². The molecule has 0 saturated carbocycles. The highest BCUT2D eigenvalue weighted by molar-refractivity contribution is 14.0. The molecule has 0 spiro atoms. The Bertz CT molecular complexity index is 814. The smallest absolute Gasteiger partial charge is 0.270 e. The number of nitrogens with two attached hydrogens (primary N) is 1. The lowest BCUT2D eigenvalue weighted by atomic mass is 10.2. The van der Waals surface area contributed by atoms with E-state index < -0.39 is 4.92 Å². The van der Waals surface area contributed by atoms with Gasteiger partial charge in [-0.25, -0.2) is 15.0 Å². The Morgan fingerprint density at radius 1 is 1.26 bits per heavy atom. The van der Waals surface area contributed by atoms with Gasteiger partial charge in [-0.3, -0.25) is 10.1 Å². The molecule has 0 atom stereocenters. The van der Waals surface area contributed by atoms with Crippen LogP contribution in [0.4, 0.5) is 11.6 Å². The van der Waals surface area contributed by atoms with Gasteiger partial charge in [0.05, 0.1) is 16.5 Å². The second-order valence-electron chi connectivity index (χ2n) is 5.73. The number of nitrogens with zero attached hydrogens (tertiary/aromatic N) is 6. The van der Waals surface area contributed by atoms with Crippen molar-refractivity contribution in [2.45, 2.75) is 6.54 Å². The molecular formula is C16H19ClIN7O2. The van der Waals surface area contributed by atoms with Crippen LogP contribution < -0.4 is 10.6 Å². The zero-order valence-electron chi connectivity index (χ0n) is 14.4. The molecule has 0 bridgehead atoms. The van der Waals surface area contributed by atoms with Crippen LogP contribution in [-0.2, 0) is 6.54 Å². The third-order valence-corrected chi connectivity index (χ3v) is 4.45. The fourth-order valence-electron chi connectivity index (χ4n) is 2.63. The van der Waals surface area contributed by atoms with Gasteiger partial charge in [0.2, 0.25) is 5.95 Å². The molecule has 1 fully saturated rings. The molecule has 2 N–H and O–H groups in total. The molecule has 0 aliphatic carbocycles. The number of benzene rings is 1. The summed E-state index contributed by atoms with van der Waals surface area (Å²) in [6.07, 6.45) is 3.44. The number of nitro groups is 1. The first-order chi connectivity index (χ1) is 12.5. The maximum Gasteiger partial charge on any atom is 0.270 e. The molecule has 9 nitrogen and oxygen atoms in total. The van der Waals surface area contributed by atoms with E-state index in [0.29, 0.717) is 35.6 Å². The van der Waals surface area contributed by atoms with E-state index >= 15 is 0 Å². The molecule has 0 radical (unpaired) electrons. The van der Waals surface area contributed by atoms with Crippen LogP contribution in [0.3, 0.4) is 0 Å². The number of guanidine groups is 1. The average Bonchev–Trinajstić information content (AvgIpc) is 2.67. The Kier molecular flexibility index (Phi) is 7.54. The second-order valence-corrected chi connectivity index (χ2v) is 6.14. The number of non-ortho nitro benzene ring substituents is 1. The van der Waals surface area contributed by atoms with Crippen LogP contribution in [-0.4, -0.2) is 51.9 Å². The number of hydrogen-bond donors (Lipinski definition) is 1. The molecule has 1 aromatic carbocycles. The first-order valence-corrected chi connectivity index (χ1v) is 8.42. The fraction of sp³-hybridized carbons (Fsp3) is 0.312. The van der Waals surface area contributed by atoms with Gasteiger partial charge in [0.25, 0.3) is 5.69 Å². The van der Waals surface area contributed by atoms with E-state index in [1.54, 1.807) is 24.5 Å². The molecular weight excluding hydrogens is 485 g/mol. The molecule has 1 saturated heterocycles. The summed E-state index contributed by atoms with van der Waals surface area (Å²) in [6, 6.07) is 6.11. The lowest BCUT2D eigenvalue weighted by Crippen LogP contribution is -2.51. The molecule has 1 aliphatic rings. The lowest BCUT2D eigenvalue weighted by Gasteiger charge is -2.35. The van der Waals surface area contributed by atoms with Gasteiger partial charge in [-0.1, -0.05) is 11.6 Å². The van der Waals surface area contributed by atoms with E-state index in [-0.39, 0.29) is 36.2 Å². The Morgan fingerprint density at radius 3 is 2.52 bits per heavy atom. The quantitative estimate of drug-likeness (QED) is 0.224. The van der Waals surface area contributed by atoms with Crippen LogP contribution in [0, 0.1) is 10.1 Å². The minimum Gasteiger partial charge on any atom is -0.370 e. The van der Waals surface area contributed by atoms with Crippen LogP contribution in [0.1, 0.15) is 5.56 Å². The molecule has 1 aromatic heterocycles. The summed E-state index contributed by atoms with van der Waals surface area (Å²) in [4.78, 5) is 27.2. The number of piperazine rings is 1. The van der Waals surface area contributed by atoms with Gasteiger partial charge < -0.3 is 15.5 Å². The highest BCUT2D eigenvalue weighted by atomic mass is 127. The van der Waals surface area contributed by atoms with E-state index in [1.807, 2.05) is 4.90 Å². The Morgan fingerprint density at radius 2 is 1.93 bits per heavy atom. The summed E-state index contributed by atoms with van der Waals surface area (Å²) in [5, 5.41) is 11.1. The van der Waals surface area contributed by atoms with E-state index in [4.69, 9.17) is 17.3 Å². The molecule has 1 aliphatic heterocycles. The standard InChI is InChI=1S/C16H18ClN7O2.HI/c17-14-10-13(24(25)26)3-2-12(14)11-21-15(18)22-6-8-23(9-7-22)16-19-4-1-5-20-16;/h1-5,10H,6-9,11H2,(H2,18,21);1H. The highest BCUT2D eigenvalue weighted by Crippen LogP contribution is 2.23. The van der Waals surface area contributed by atoms with Crippen molar-refractivity contribution in [3.05, 3.63) is 57.4 Å². The number of aromatic nitrogens is 2. The van der Waals surface area contributed by atoms with Crippen molar-refractivity contribution in [2.24, 2.45) is 10.7 Å². The molecule has 2 aromatic rings. The van der Waals surface area contributed by atoms with Crippen LogP contribution in [0.2, 0.25) is 5.02 Å². The van der Waals surface area contributed by atoms with Crippen molar-refractivity contribution in [2.75, 3.05) is 31.1 Å². The first-order valence-electron chi connectivity index (χ1n) is 8.04. The van der Waals surface area contributed by atoms with Crippen LogP contribution in [0.15, 0.2) is 41.7 Å². The number of anilines is 1. The molecule has 27 heavy (non-hydrogen) atoms. The lowest BCUT2D eigenvalue weighted by molar-refractivity contribution is -0.384. The van der Waals surface area contributed by atoms with E-state index in [2.05, 4.69) is 19.9 Å². The highest BCUT2D eigenvalue weighted by Gasteiger charge is 2.20. The van der Waals surface area contributed by atoms with Crippen LogP contribution >= 0.6 is 35.6 Å². The maximum atomic E-state index is 10.7. The Hall–Kier alpha value is -2.21. The monoisotopic (exact) mass is 503 g/mol. The van der Waals surface area contributed by atoms with Crippen molar-refractivity contribution >= 4 is 53.2 Å². The zero-order valence-corrected chi connectivity index (χ0v) is 17.4. The molecule has 2 heterocycles. The number of hydrogen-bond acceptors (Lipinski definition) is 6. The third-order valence-electron chi connectivity index (χ3n) is 4.10. The maximum absolute atomic E-state index is 10.7. The molecule has 144 valence electrons. The SMILES string of the molecule is I.NC(=NCc1ccc([N+](=O)[O-])cc1Cl)N1CCN(c2ncccn2)CC1. The summed E-state index contributed by atoms with van der Waals surface area (Å²) in [5.74, 6) is 1.13. The van der Waals surface area contributed by atoms with Gasteiger partial charge in [0.1, 0.15) is 0 Å². The average molecular weight is 504 g/mol. The molecule has 3 rings (SSSR count). The van der Waals surface area contributed by atoms with Crippen molar-refractivity contribution in [1.82, 2.24) is 14.9 Å². The summed E-state index contributed by atoms with van der Waals surface area (Å²) >= 11 is 6.08. The van der Waals surface area contributed by atoms with Gasteiger partial charge in [0.15, 0.2) is 5.96 Å². The van der Waals surface area contributed by atoms with E-state index in [9.17, 15) is 10.1 Å². The molecule has 0 amide bonds. The van der Waals surface area contributed by atoms with Gasteiger partial charge in [-0.15, -0.1) is 24.0 Å². The van der Waals surface area contributed by atoms with Gasteiger partial charge in [0, 0.05) is 50.7 Å². The topological polar surface area (TPSA) is 114 Å². The molecule has 11 heteroatoms. The normalized spacial score (nSPS) is 14.6. The van der Waals surface area contributed by atoms with Crippen molar-refractivity contribution in [3.8, 4) is 0 Å². The Labute approximate surface area is 178 Å². The van der Waals surface area contributed by atoms with Gasteiger partial charge >= 0.3 is 0 Å². The van der Waals surface area contributed by atoms with Crippen molar-refractivity contribution < 1.29 is 4.92 Å². The van der Waals surface area contributed by atoms with Crippen LogP contribution in [0.25, 0.3) is 0 Å². The largest absolute Gasteiger partial charge is 0.370 e. The summed E-state index contributed by atoms with van der Waals surface area (Å²) in [6.45, 7) is 3.19. The fourth-order valence-corrected chi connectivity index (χ4v) is 2.87. The number of halogens is 2. The number of aliphatic imine (C=N–C) groups is 1. The minimum absolute atomic E-state index is 0. The van der Waals surface area contributed by atoms with E-state index in [0.717, 1.165) is 13.1 Å². The van der Waals surface area contributed by atoms with Gasteiger partial charge in [-0.05, 0) is 17.7 Å². The number of nitro benzene ring substituents is 1. The minimum atomic E-state index is -0.483. The van der Waals surface area contributed by atoms with Gasteiger partial charge in [-0.2, -0.15) is 0 Å². The van der Waals surface area contributed by atoms with Crippen LogP contribution in [0.5, 0.6) is 0 Å². The summed E-state index contributed by atoms with van der Waals surface area (Å²) in [5.41, 5.74) is 6.73. The Balaban J connectivity index is 0.00000261. The second kappa shape index (κ2) is 9.65. The summed E-state index contributed by atoms with van der Waals surface area (Å²) < 4.78 is 0. The third kappa shape index (κ3) is 5.39. The summed E-state index contributed by atoms with van der Waals surface area (Å²) in [7, 11) is 0. The number of rotatable bonds is 4. The zero-order chi connectivity index (χ0) is 18.5. The van der Waals surface area contributed by atoms with Crippen molar-refractivity contribution in [1.29, 1.82) is 0 Å². The van der Waals surface area contributed by atoms with E-state index in [1.165, 1.54) is 12.1 Å².